The van der Waals surface area contributed by atoms with Crippen molar-refractivity contribution in [1.29, 1.82) is 0 Å². The molecule has 0 radical (unpaired) electrons. The summed E-state index contributed by atoms with van der Waals surface area (Å²) in [5.41, 5.74) is 1.99. The van der Waals surface area contributed by atoms with Gasteiger partial charge in [-0.1, -0.05) is 41.9 Å². The Morgan fingerprint density at radius 2 is 1.53 bits per heavy atom. The van der Waals surface area contributed by atoms with E-state index in [0.717, 1.165) is 5.56 Å². The molecule has 3 aromatic carbocycles. The van der Waals surface area contributed by atoms with E-state index < -0.39 is 0 Å². The molecule has 5 nitrogen and oxygen atoms in total. The van der Waals surface area contributed by atoms with E-state index in [4.69, 9.17) is 27.9 Å². The molecule has 152 valence electrons. The van der Waals surface area contributed by atoms with Gasteiger partial charge < -0.3 is 15.4 Å². The number of hydrogen-bond donors (Lipinski definition) is 2. The van der Waals surface area contributed by atoms with Crippen LogP contribution in [-0.2, 0) is 11.3 Å². The zero-order valence-electron chi connectivity index (χ0n) is 15.8. The molecular weight excluding hydrogens is 423 g/mol. The number of halogens is 2. The number of rotatable bonds is 7. The molecule has 0 aromatic heterocycles. The number of carbonyl (C=O) groups is 2. The van der Waals surface area contributed by atoms with Crippen molar-refractivity contribution in [2.24, 2.45) is 0 Å². The van der Waals surface area contributed by atoms with E-state index in [1.54, 1.807) is 54.6 Å². The Morgan fingerprint density at radius 3 is 2.13 bits per heavy atom. The SMILES string of the molecule is C=CC(=O)Nc1ccc(C(=O)NCc2ccc(Oc3cc(Cl)cc(Cl)c3)cc2)cc1. The molecule has 3 aromatic rings. The Morgan fingerprint density at radius 1 is 0.900 bits per heavy atom. The maximum absolute atomic E-state index is 12.3. The van der Waals surface area contributed by atoms with Gasteiger partial charge >= 0.3 is 0 Å². The van der Waals surface area contributed by atoms with E-state index in [2.05, 4.69) is 17.2 Å². The van der Waals surface area contributed by atoms with Crippen molar-refractivity contribution in [3.05, 3.63) is 101 Å². The second kappa shape index (κ2) is 9.96. The lowest BCUT2D eigenvalue weighted by molar-refractivity contribution is -0.111. The highest BCUT2D eigenvalue weighted by Gasteiger charge is 2.07. The molecule has 0 spiro atoms. The van der Waals surface area contributed by atoms with Gasteiger partial charge in [0.25, 0.3) is 5.91 Å². The molecule has 7 heteroatoms. The van der Waals surface area contributed by atoms with E-state index in [0.29, 0.717) is 39.3 Å². The normalized spacial score (nSPS) is 10.2. The molecule has 2 amide bonds. The number of carbonyl (C=O) groups excluding carboxylic acids is 2. The zero-order valence-corrected chi connectivity index (χ0v) is 17.3. The summed E-state index contributed by atoms with van der Waals surface area (Å²) in [7, 11) is 0. The number of hydrogen-bond acceptors (Lipinski definition) is 3. The zero-order chi connectivity index (χ0) is 21.5. The van der Waals surface area contributed by atoms with Gasteiger partial charge in [0.05, 0.1) is 0 Å². The quantitative estimate of drug-likeness (QED) is 0.453. The van der Waals surface area contributed by atoms with Crippen LogP contribution in [0.1, 0.15) is 15.9 Å². The van der Waals surface area contributed by atoms with Gasteiger partial charge in [-0.25, -0.2) is 0 Å². The lowest BCUT2D eigenvalue weighted by Gasteiger charge is -2.09. The molecule has 0 fully saturated rings. The van der Waals surface area contributed by atoms with E-state index in [-0.39, 0.29) is 11.8 Å². The molecule has 0 aliphatic carbocycles. The summed E-state index contributed by atoms with van der Waals surface area (Å²) in [5, 5.41) is 6.47. The smallest absolute Gasteiger partial charge is 0.251 e. The van der Waals surface area contributed by atoms with Crippen LogP contribution in [0.5, 0.6) is 11.5 Å². The van der Waals surface area contributed by atoms with Crippen LogP contribution in [0.4, 0.5) is 5.69 Å². The van der Waals surface area contributed by atoms with Gasteiger partial charge in [-0.15, -0.1) is 0 Å². The van der Waals surface area contributed by atoms with Crippen LogP contribution < -0.4 is 15.4 Å². The number of ether oxygens (including phenoxy) is 1. The van der Waals surface area contributed by atoms with Crippen LogP contribution in [0.15, 0.2) is 79.4 Å². The van der Waals surface area contributed by atoms with Crippen molar-refractivity contribution in [1.82, 2.24) is 5.32 Å². The second-order valence-corrected chi connectivity index (χ2v) is 7.18. The minimum atomic E-state index is -0.307. The van der Waals surface area contributed by atoms with Crippen molar-refractivity contribution in [2.45, 2.75) is 6.54 Å². The van der Waals surface area contributed by atoms with E-state index >= 15 is 0 Å². The second-order valence-electron chi connectivity index (χ2n) is 6.30. The lowest BCUT2D eigenvalue weighted by Crippen LogP contribution is -2.22. The summed E-state index contributed by atoms with van der Waals surface area (Å²) < 4.78 is 5.74. The van der Waals surface area contributed by atoms with Gasteiger partial charge in [0, 0.05) is 27.8 Å². The first kappa shape index (κ1) is 21.4. The Bertz CT molecular complexity index is 1040. The van der Waals surface area contributed by atoms with Gasteiger partial charge in [0.1, 0.15) is 11.5 Å². The van der Waals surface area contributed by atoms with Crippen molar-refractivity contribution in [3.8, 4) is 11.5 Å². The highest BCUT2D eigenvalue weighted by Crippen LogP contribution is 2.28. The van der Waals surface area contributed by atoms with E-state index in [9.17, 15) is 9.59 Å². The first-order valence-electron chi connectivity index (χ1n) is 8.97. The molecule has 0 saturated heterocycles. The first-order valence-corrected chi connectivity index (χ1v) is 9.73. The van der Waals surface area contributed by atoms with Crippen LogP contribution >= 0.6 is 23.2 Å². The van der Waals surface area contributed by atoms with Gasteiger partial charge in [0.2, 0.25) is 5.91 Å². The average Bonchev–Trinajstić information content (AvgIpc) is 2.72. The molecule has 0 atom stereocenters. The monoisotopic (exact) mass is 440 g/mol. The fourth-order valence-corrected chi connectivity index (χ4v) is 3.09. The third-order valence-electron chi connectivity index (χ3n) is 4.05. The number of anilines is 1. The number of amides is 2. The molecule has 0 saturated carbocycles. The summed E-state index contributed by atoms with van der Waals surface area (Å²) in [6.07, 6.45) is 1.18. The largest absolute Gasteiger partial charge is 0.457 e. The predicted molar refractivity (Wildman–Crippen MR) is 119 cm³/mol. The summed E-state index contributed by atoms with van der Waals surface area (Å²) in [5.74, 6) is 0.644. The summed E-state index contributed by atoms with van der Waals surface area (Å²) >= 11 is 11.9. The van der Waals surface area contributed by atoms with Crippen LogP contribution in [0.2, 0.25) is 10.0 Å². The number of nitrogens with one attached hydrogen (secondary N) is 2. The maximum Gasteiger partial charge on any atom is 0.251 e. The molecule has 0 bridgehead atoms. The van der Waals surface area contributed by atoms with Crippen molar-refractivity contribution < 1.29 is 14.3 Å². The summed E-state index contributed by atoms with van der Waals surface area (Å²) in [4.78, 5) is 23.6. The van der Waals surface area contributed by atoms with Crippen molar-refractivity contribution in [2.75, 3.05) is 5.32 Å². The van der Waals surface area contributed by atoms with E-state index in [1.165, 1.54) is 6.08 Å². The molecule has 0 aliphatic heterocycles. The predicted octanol–water partition coefficient (Wildman–Crippen LogP) is 5.84. The molecule has 0 aliphatic rings. The molecule has 3 rings (SSSR count). The Labute approximate surface area is 184 Å². The lowest BCUT2D eigenvalue weighted by atomic mass is 10.1. The minimum Gasteiger partial charge on any atom is -0.457 e. The molecule has 30 heavy (non-hydrogen) atoms. The number of benzene rings is 3. The average molecular weight is 441 g/mol. The van der Waals surface area contributed by atoms with Crippen LogP contribution in [-0.4, -0.2) is 11.8 Å². The minimum absolute atomic E-state index is 0.217. The highest BCUT2D eigenvalue weighted by molar-refractivity contribution is 6.34. The molecule has 0 unspecified atom stereocenters. The third kappa shape index (κ3) is 6.11. The third-order valence-corrected chi connectivity index (χ3v) is 4.48. The van der Waals surface area contributed by atoms with E-state index in [1.807, 2.05) is 12.1 Å². The Hall–Kier alpha value is -3.28. The first-order chi connectivity index (χ1) is 14.4. The molecule has 0 heterocycles. The van der Waals surface area contributed by atoms with Crippen molar-refractivity contribution >= 4 is 40.7 Å². The Balaban J connectivity index is 1.54. The van der Waals surface area contributed by atoms with Gasteiger partial charge in [-0.2, -0.15) is 0 Å². The van der Waals surface area contributed by atoms with Gasteiger partial charge in [-0.3, -0.25) is 9.59 Å². The van der Waals surface area contributed by atoms with Crippen LogP contribution in [0.25, 0.3) is 0 Å². The highest BCUT2D eigenvalue weighted by atomic mass is 35.5. The maximum atomic E-state index is 12.3. The molecular formula is C23H18Cl2N2O3. The fraction of sp³-hybridized carbons (Fsp3) is 0.0435. The topological polar surface area (TPSA) is 67.4 Å². The van der Waals surface area contributed by atoms with Gasteiger partial charge in [0.15, 0.2) is 0 Å². The fourth-order valence-electron chi connectivity index (χ4n) is 2.58. The summed E-state index contributed by atoms with van der Waals surface area (Å²) in [6.45, 7) is 3.75. The summed E-state index contributed by atoms with van der Waals surface area (Å²) in [6, 6.07) is 18.9. The van der Waals surface area contributed by atoms with Crippen LogP contribution in [0.3, 0.4) is 0 Å². The molecule has 2 N–H and O–H groups in total. The standard InChI is InChI=1S/C23H18Cl2N2O3/c1-2-22(28)27-19-7-5-16(6-8-19)23(29)26-14-15-3-9-20(10-4-15)30-21-12-17(24)11-18(25)13-21/h2-13H,1,14H2,(H,26,29)(H,27,28). The van der Waals surface area contributed by atoms with Crippen molar-refractivity contribution in [3.63, 3.8) is 0 Å². The van der Waals surface area contributed by atoms with Gasteiger partial charge in [-0.05, 0) is 66.2 Å². The van der Waals surface area contributed by atoms with Crippen LogP contribution in [0, 0.1) is 0 Å². The Kier molecular flexibility index (Phi) is 7.12.